The number of hydrogen-bond acceptors (Lipinski definition) is 6. The second kappa shape index (κ2) is 61.4. The van der Waals surface area contributed by atoms with E-state index >= 15 is 0 Å². The molecule has 6 nitrogen and oxygen atoms in total. The van der Waals surface area contributed by atoms with E-state index in [4.69, 9.17) is 14.2 Å². The molecule has 0 aliphatic rings. The first-order valence-corrected chi connectivity index (χ1v) is 31.4. The summed E-state index contributed by atoms with van der Waals surface area (Å²) in [6.07, 6.45) is 79.1. The van der Waals surface area contributed by atoms with Gasteiger partial charge in [-0.3, -0.25) is 14.4 Å². The molecule has 0 saturated heterocycles. The van der Waals surface area contributed by atoms with Crippen LogP contribution in [0.15, 0.2) is 72.9 Å². The SMILES string of the molecule is CC/C=C\C/C=C\C/C=C\C/C=C\C/C=C\CCCCCCCCCCCCCC(=O)OCC(COC(=O)CCCCCCCCCCC)OC(=O)CCCCCCCCCCC/C=C\CCCCCCCC. The van der Waals surface area contributed by atoms with Crippen molar-refractivity contribution in [1.29, 1.82) is 0 Å². The van der Waals surface area contributed by atoms with Crippen LogP contribution in [0.3, 0.4) is 0 Å². The Morgan fingerprint density at radius 2 is 0.534 bits per heavy atom. The molecular weight excluding hydrogens is 901 g/mol. The number of esters is 3. The van der Waals surface area contributed by atoms with Gasteiger partial charge in [0.1, 0.15) is 13.2 Å². The van der Waals surface area contributed by atoms with Gasteiger partial charge in [-0.2, -0.15) is 0 Å². The Morgan fingerprint density at radius 3 is 0.849 bits per heavy atom. The molecule has 0 aromatic rings. The van der Waals surface area contributed by atoms with E-state index in [2.05, 4.69) is 93.7 Å². The van der Waals surface area contributed by atoms with Gasteiger partial charge in [0.15, 0.2) is 6.10 Å². The van der Waals surface area contributed by atoms with Crippen LogP contribution in [0.4, 0.5) is 0 Å². The van der Waals surface area contributed by atoms with Crippen molar-refractivity contribution in [1.82, 2.24) is 0 Å². The minimum absolute atomic E-state index is 0.0735. The molecule has 73 heavy (non-hydrogen) atoms. The molecule has 0 aromatic carbocycles. The Hall–Kier alpha value is -3.15. The van der Waals surface area contributed by atoms with Gasteiger partial charge in [-0.15, -0.1) is 0 Å². The maximum absolute atomic E-state index is 12.9. The first kappa shape index (κ1) is 69.8. The molecule has 0 spiro atoms. The summed E-state index contributed by atoms with van der Waals surface area (Å²) in [5.74, 6) is -0.868. The molecular formula is C67H118O6. The highest BCUT2D eigenvalue weighted by atomic mass is 16.6. The van der Waals surface area contributed by atoms with Gasteiger partial charge in [-0.1, -0.05) is 280 Å². The molecule has 0 amide bonds. The van der Waals surface area contributed by atoms with Crippen LogP contribution in [0.25, 0.3) is 0 Å². The van der Waals surface area contributed by atoms with Gasteiger partial charge in [0, 0.05) is 19.3 Å². The van der Waals surface area contributed by atoms with E-state index in [0.29, 0.717) is 19.3 Å². The van der Waals surface area contributed by atoms with Gasteiger partial charge in [-0.05, 0) is 89.9 Å². The Bertz CT molecular complexity index is 1360. The van der Waals surface area contributed by atoms with Crippen molar-refractivity contribution in [3.63, 3.8) is 0 Å². The molecule has 0 radical (unpaired) electrons. The molecule has 0 aromatic heterocycles. The zero-order valence-corrected chi connectivity index (χ0v) is 48.4. The maximum Gasteiger partial charge on any atom is 0.306 e. The minimum atomic E-state index is -0.775. The lowest BCUT2D eigenvalue weighted by Gasteiger charge is -2.18. The van der Waals surface area contributed by atoms with Gasteiger partial charge in [0.25, 0.3) is 0 Å². The molecule has 1 unspecified atom stereocenters. The van der Waals surface area contributed by atoms with E-state index in [0.717, 1.165) is 89.9 Å². The first-order chi connectivity index (χ1) is 36.0. The second-order valence-corrected chi connectivity index (χ2v) is 20.9. The second-order valence-electron chi connectivity index (χ2n) is 20.9. The predicted octanol–water partition coefficient (Wildman–Crippen LogP) is 21.3. The van der Waals surface area contributed by atoms with Crippen molar-refractivity contribution in [2.45, 2.75) is 322 Å². The lowest BCUT2D eigenvalue weighted by atomic mass is 10.0. The molecule has 0 heterocycles. The quantitative estimate of drug-likeness (QED) is 0.0261. The number of carbonyl (C=O) groups excluding carboxylic acids is 3. The van der Waals surface area contributed by atoms with E-state index in [1.807, 2.05) is 0 Å². The molecule has 0 fully saturated rings. The van der Waals surface area contributed by atoms with E-state index in [-0.39, 0.29) is 31.1 Å². The summed E-state index contributed by atoms with van der Waals surface area (Å²) < 4.78 is 16.9. The fraction of sp³-hybridized carbons (Fsp3) is 0.776. The Labute approximate surface area is 453 Å². The van der Waals surface area contributed by atoms with Crippen molar-refractivity contribution in [2.75, 3.05) is 13.2 Å². The van der Waals surface area contributed by atoms with Crippen LogP contribution in [0.2, 0.25) is 0 Å². The molecule has 1 atom stereocenters. The van der Waals surface area contributed by atoms with Crippen LogP contribution in [0.5, 0.6) is 0 Å². The third kappa shape index (κ3) is 59.6. The summed E-state index contributed by atoms with van der Waals surface area (Å²) >= 11 is 0. The third-order valence-electron chi connectivity index (χ3n) is 13.7. The summed E-state index contributed by atoms with van der Waals surface area (Å²) in [7, 11) is 0. The number of ether oxygens (including phenoxy) is 3. The Kier molecular flexibility index (Phi) is 58.7. The molecule has 0 aliphatic carbocycles. The summed E-state index contributed by atoms with van der Waals surface area (Å²) in [5.41, 5.74) is 0. The van der Waals surface area contributed by atoms with Crippen LogP contribution in [0.1, 0.15) is 316 Å². The Morgan fingerprint density at radius 1 is 0.288 bits per heavy atom. The largest absolute Gasteiger partial charge is 0.462 e. The summed E-state index contributed by atoms with van der Waals surface area (Å²) in [4.78, 5) is 38.2. The van der Waals surface area contributed by atoms with E-state index in [9.17, 15) is 14.4 Å². The molecule has 0 bridgehead atoms. The molecule has 0 aliphatic heterocycles. The van der Waals surface area contributed by atoms with E-state index < -0.39 is 6.10 Å². The minimum Gasteiger partial charge on any atom is -0.462 e. The monoisotopic (exact) mass is 1020 g/mol. The van der Waals surface area contributed by atoms with Gasteiger partial charge in [0.2, 0.25) is 0 Å². The first-order valence-electron chi connectivity index (χ1n) is 31.4. The molecule has 422 valence electrons. The lowest BCUT2D eigenvalue weighted by Crippen LogP contribution is -2.30. The fourth-order valence-electron chi connectivity index (χ4n) is 9.00. The van der Waals surface area contributed by atoms with Gasteiger partial charge in [-0.25, -0.2) is 0 Å². The van der Waals surface area contributed by atoms with Crippen LogP contribution >= 0.6 is 0 Å². The lowest BCUT2D eigenvalue weighted by molar-refractivity contribution is -0.167. The zero-order valence-electron chi connectivity index (χ0n) is 48.4. The molecule has 0 rings (SSSR count). The summed E-state index contributed by atoms with van der Waals surface area (Å²) in [6.45, 7) is 6.53. The van der Waals surface area contributed by atoms with E-state index in [1.54, 1.807) is 0 Å². The number of unbranched alkanes of at least 4 members (excludes halogenated alkanes) is 34. The highest BCUT2D eigenvalue weighted by molar-refractivity contribution is 5.71. The average molecular weight is 1020 g/mol. The average Bonchev–Trinajstić information content (AvgIpc) is 3.39. The van der Waals surface area contributed by atoms with Crippen molar-refractivity contribution >= 4 is 17.9 Å². The van der Waals surface area contributed by atoms with Gasteiger partial charge >= 0.3 is 17.9 Å². The summed E-state index contributed by atoms with van der Waals surface area (Å²) in [6, 6.07) is 0. The number of allylic oxidation sites excluding steroid dienone is 12. The maximum atomic E-state index is 12.9. The highest BCUT2D eigenvalue weighted by Gasteiger charge is 2.19. The zero-order chi connectivity index (χ0) is 52.9. The number of hydrogen-bond donors (Lipinski definition) is 0. The van der Waals surface area contributed by atoms with Crippen molar-refractivity contribution in [3.05, 3.63) is 72.9 Å². The fourth-order valence-corrected chi connectivity index (χ4v) is 9.00. The van der Waals surface area contributed by atoms with Crippen LogP contribution in [-0.2, 0) is 28.6 Å². The van der Waals surface area contributed by atoms with Crippen LogP contribution < -0.4 is 0 Å². The topological polar surface area (TPSA) is 78.9 Å². The van der Waals surface area contributed by atoms with Crippen LogP contribution in [0, 0.1) is 0 Å². The third-order valence-corrected chi connectivity index (χ3v) is 13.7. The predicted molar refractivity (Wildman–Crippen MR) is 316 cm³/mol. The van der Waals surface area contributed by atoms with Gasteiger partial charge < -0.3 is 14.2 Å². The molecule has 0 N–H and O–H groups in total. The van der Waals surface area contributed by atoms with Crippen molar-refractivity contribution in [2.24, 2.45) is 0 Å². The normalized spacial score (nSPS) is 12.5. The number of rotatable bonds is 57. The van der Waals surface area contributed by atoms with E-state index in [1.165, 1.54) is 186 Å². The van der Waals surface area contributed by atoms with Crippen molar-refractivity contribution in [3.8, 4) is 0 Å². The smallest absolute Gasteiger partial charge is 0.306 e. The van der Waals surface area contributed by atoms with Crippen molar-refractivity contribution < 1.29 is 28.6 Å². The van der Waals surface area contributed by atoms with Gasteiger partial charge in [0.05, 0.1) is 0 Å². The summed E-state index contributed by atoms with van der Waals surface area (Å²) in [5, 5.41) is 0. The Balaban J connectivity index is 4.20. The highest BCUT2D eigenvalue weighted by Crippen LogP contribution is 2.16. The standard InChI is InChI=1S/C67H118O6/c1-4-7-10-13-16-19-21-23-25-27-29-30-31-32-33-34-35-36-38-39-41-43-45-48-51-54-57-60-66(69)72-63-64(62-71-65(68)59-56-53-50-47-18-15-12-9-6-3)73-67(70)61-58-55-52-49-46-44-42-40-37-28-26-24-22-20-17-14-11-8-5-2/h7,10,16,19,23-26,29-30,32-33,64H,4-6,8-9,11-15,17-18,20-22,27-28,31,34-63H2,1-3H3/b10-7-,19-16-,25-23-,26-24-,30-29-,33-32-. The molecule has 0 saturated carbocycles. The number of carbonyl (C=O) groups is 3. The van der Waals surface area contributed by atoms with Crippen LogP contribution in [-0.4, -0.2) is 37.2 Å². The molecule has 6 heteroatoms.